The van der Waals surface area contributed by atoms with E-state index in [1.165, 1.54) is 0 Å². The van der Waals surface area contributed by atoms with E-state index in [1.54, 1.807) is 30.9 Å². The van der Waals surface area contributed by atoms with Crippen molar-refractivity contribution in [2.75, 3.05) is 18.1 Å². The topological polar surface area (TPSA) is 56.7 Å². The minimum atomic E-state index is -2.88. The number of aromatic nitrogens is 2. The van der Waals surface area contributed by atoms with Crippen LogP contribution in [0.2, 0.25) is 0 Å². The van der Waals surface area contributed by atoms with Crippen LogP contribution < -0.4 is 9.64 Å². The Bertz CT molecular complexity index is 931. The maximum Gasteiger partial charge on any atom is 0.345 e. The van der Waals surface area contributed by atoms with Gasteiger partial charge in [-0.15, -0.1) is 0 Å². The number of pyridine rings is 2. The molecule has 4 rings (SSSR count). The standard InChI is InChI=1S/C22H21F2N3O3/c23-22(24)30-21-15-28-14-20(21)29-19-8-2-1-7-18(19)27(17-6-4-10-26-12-17)13-16-5-3-9-25-11-16/h1-12,20-22H,13-15H2/t20-,21?/m1/s1. The molecule has 3 aromatic rings. The quantitative estimate of drug-likeness (QED) is 0.552. The van der Waals surface area contributed by atoms with Crippen LogP contribution in [0, 0.1) is 0 Å². The summed E-state index contributed by atoms with van der Waals surface area (Å²) in [6.07, 6.45) is 5.52. The van der Waals surface area contributed by atoms with Crippen molar-refractivity contribution in [2.45, 2.75) is 25.4 Å². The fourth-order valence-electron chi connectivity index (χ4n) is 3.33. The molecular formula is C22H21F2N3O3. The Morgan fingerprint density at radius 2 is 1.73 bits per heavy atom. The van der Waals surface area contributed by atoms with E-state index >= 15 is 0 Å². The average molecular weight is 413 g/mol. The van der Waals surface area contributed by atoms with Gasteiger partial charge in [0.05, 0.1) is 30.8 Å². The van der Waals surface area contributed by atoms with Gasteiger partial charge < -0.3 is 19.1 Å². The number of halogens is 2. The van der Waals surface area contributed by atoms with Crippen LogP contribution in [0.3, 0.4) is 0 Å². The van der Waals surface area contributed by atoms with Gasteiger partial charge in [0.15, 0.2) is 6.10 Å². The Balaban J connectivity index is 1.64. The van der Waals surface area contributed by atoms with Crippen molar-refractivity contribution in [3.05, 3.63) is 78.9 Å². The molecule has 30 heavy (non-hydrogen) atoms. The molecule has 0 aliphatic carbocycles. The van der Waals surface area contributed by atoms with E-state index in [4.69, 9.17) is 9.47 Å². The number of nitrogens with zero attached hydrogens (tertiary/aromatic N) is 3. The second-order valence-electron chi connectivity index (χ2n) is 6.76. The third-order valence-electron chi connectivity index (χ3n) is 4.71. The number of para-hydroxylation sites is 2. The minimum absolute atomic E-state index is 0.0686. The predicted molar refractivity (Wildman–Crippen MR) is 107 cm³/mol. The summed E-state index contributed by atoms with van der Waals surface area (Å²) in [5, 5.41) is 0. The summed E-state index contributed by atoms with van der Waals surface area (Å²) in [4.78, 5) is 10.5. The highest BCUT2D eigenvalue weighted by molar-refractivity contribution is 5.68. The lowest BCUT2D eigenvalue weighted by Gasteiger charge is -2.28. The first-order valence-electron chi connectivity index (χ1n) is 9.54. The van der Waals surface area contributed by atoms with Gasteiger partial charge in [-0.3, -0.25) is 9.97 Å². The maximum absolute atomic E-state index is 12.7. The Hall–Kier alpha value is -3.10. The summed E-state index contributed by atoms with van der Waals surface area (Å²) < 4.78 is 41.5. The van der Waals surface area contributed by atoms with Gasteiger partial charge in [-0.25, -0.2) is 0 Å². The van der Waals surface area contributed by atoms with Crippen LogP contribution in [-0.2, 0) is 16.0 Å². The normalized spacial score (nSPS) is 18.5. The molecule has 1 fully saturated rings. The number of benzene rings is 1. The first-order valence-corrected chi connectivity index (χ1v) is 9.54. The first-order chi connectivity index (χ1) is 14.7. The molecule has 1 saturated heterocycles. The molecule has 0 radical (unpaired) electrons. The van der Waals surface area contributed by atoms with Gasteiger partial charge in [0.2, 0.25) is 0 Å². The van der Waals surface area contributed by atoms with Crippen LogP contribution in [0.1, 0.15) is 5.56 Å². The fraction of sp³-hybridized carbons (Fsp3) is 0.273. The van der Waals surface area contributed by atoms with Gasteiger partial charge in [0, 0.05) is 25.1 Å². The van der Waals surface area contributed by atoms with Crippen molar-refractivity contribution in [1.82, 2.24) is 9.97 Å². The molecule has 0 bridgehead atoms. The van der Waals surface area contributed by atoms with Crippen molar-refractivity contribution < 1.29 is 23.0 Å². The van der Waals surface area contributed by atoms with Crippen LogP contribution in [0.4, 0.5) is 20.2 Å². The second-order valence-corrected chi connectivity index (χ2v) is 6.76. The molecule has 1 aliphatic rings. The predicted octanol–water partition coefficient (Wildman–Crippen LogP) is 4.20. The third kappa shape index (κ3) is 4.90. The molecule has 2 atom stereocenters. The third-order valence-corrected chi connectivity index (χ3v) is 4.71. The molecule has 156 valence electrons. The van der Waals surface area contributed by atoms with Crippen molar-refractivity contribution in [3.63, 3.8) is 0 Å². The van der Waals surface area contributed by atoms with Crippen LogP contribution >= 0.6 is 0 Å². The molecule has 1 aromatic carbocycles. The van der Waals surface area contributed by atoms with Crippen molar-refractivity contribution >= 4 is 11.4 Å². The summed E-state index contributed by atoms with van der Waals surface area (Å²) in [5.41, 5.74) is 2.64. The van der Waals surface area contributed by atoms with Crippen LogP contribution in [0.25, 0.3) is 0 Å². The van der Waals surface area contributed by atoms with Gasteiger partial charge in [-0.1, -0.05) is 18.2 Å². The number of anilines is 2. The molecule has 1 aliphatic heterocycles. The molecule has 8 heteroatoms. The summed E-state index contributed by atoms with van der Waals surface area (Å²) in [6.45, 7) is -2.10. The number of ether oxygens (including phenoxy) is 3. The van der Waals surface area contributed by atoms with E-state index in [-0.39, 0.29) is 13.2 Å². The highest BCUT2D eigenvalue weighted by atomic mass is 19.3. The van der Waals surface area contributed by atoms with Gasteiger partial charge in [0.25, 0.3) is 0 Å². The lowest BCUT2D eigenvalue weighted by atomic mass is 10.2. The zero-order chi connectivity index (χ0) is 20.8. The zero-order valence-electron chi connectivity index (χ0n) is 16.1. The van der Waals surface area contributed by atoms with Crippen molar-refractivity contribution in [2.24, 2.45) is 0 Å². The lowest BCUT2D eigenvalue weighted by Crippen LogP contribution is -2.34. The number of hydrogen-bond acceptors (Lipinski definition) is 6. The van der Waals surface area contributed by atoms with E-state index in [2.05, 4.69) is 14.7 Å². The maximum atomic E-state index is 12.7. The van der Waals surface area contributed by atoms with E-state index < -0.39 is 18.8 Å². The molecule has 2 aromatic heterocycles. The van der Waals surface area contributed by atoms with Crippen LogP contribution in [0.5, 0.6) is 5.75 Å². The Kier molecular flexibility index (Phi) is 6.46. The van der Waals surface area contributed by atoms with Crippen LogP contribution in [-0.4, -0.2) is 42.0 Å². The van der Waals surface area contributed by atoms with Gasteiger partial charge in [0.1, 0.15) is 11.9 Å². The first kappa shape index (κ1) is 20.2. The van der Waals surface area contributed by atoms with Gasteiger partial charge in [-0.05, 0) is 35.9 Å². The monoisotopic (exact) mass is 413 g/mol. The van der Waals surface area contributed by atoms with Crippen LogP contribution in [0.15, 0.2) is 73.3 Å². The highest BCUT2D eigenvalue weighted by Gasteiger charge is 2.34. The lowest BCUT2D eigenvalue weighted by molar-refractivity contribution is -0.175. The summed E-state index contributed by atoms with van der Waals surface area (Å²) in [5.74, 6) is 0.545. The largest absolute Gasteiger partial charge is 0.483 e. The fourth-order valence-corrected chi connectivity index (χ4v) is 3.33. The van der Waals surface area contributed by atoms with E-state index in [0.29, 0.717) is 12.3 Å². The SMILES string of the molecule is FC(F)OC1COC[C@H]1Oc1ccccc1N(Cc1cccnc1)c1cccnc1. The Morgan fingerprint density at radius 3 is 2.47 bits per heavy atom. The minimum Gasteiger partial charge on any atom is -0.483 e. The summed E-state index contributed by atoms with van der Waals surface area (Å²) >= 11 is 0. The molecular weight excluding hydrogens is 392 g/mol. The summed E-state index contributed by atoms with van der Waals surface area (Å²) in [6, 6.07) is 15.1. The van der Waals surface area contributed by atoms with E-state index in [1.807, 2.05) is 47.4 Å². The van der Waals surface area contributed by atoms with E-state index in [0.717, 1.165) is 16.9 Å². The number of rotatable bonds is 8. The summed E-state index contributed by atoms with van der Waals surface area (Å²) in [7, 11) is 0. The van der Waals surface area contributed by atoms with Gasteiger partial charge >= 0.3 is 6.61 Å². The molecule has 0 N–H and O–H groups in total. The molecule has 1 unspecified atom stereocenters. The molecule has 3 heterocycles. The highest BCUT2D eigenvalue weighted by Crippen LogP contribution is 2.36. The molecule has 0 spiro atoms. The molecule has 6 nitrogen and oxygen atoms in total. The second kappa shape index (κ2) is 9.60. The zero-order valence-corrected chi connectivity index (χ0v) is 16.1. The average Bonchev–Trinajstić information content (AvgIpc) is 3.20. The van der Waals surface area contributed by atoms with E-state index in [9.17, 15) is 8.78 Å². The molecule has 0 amide bonds. The Morgan fingerprint density at radius 1 is 0.967 bits per heavy atom. The number of alkyl halides is 2. The molecule has 0 saturated carbocycles. The van der Waals surface area contributed by atoms with Gasteiger partial charge in [-0.2, -0.15) is 8.78 Å². The smallest absolute Gasteiger partial charge is 0.345 e. The van der Waals surface area contributed by atoms with Crippen molar-refractivity contribution in [3.8, 4) is 5.75 Å². The Labute approximate surface area is 173 Å². The number of hydrogen-bond donors (Lipinski definition) is 0. The van der Waals surface area contributed by atoms with Crippen molar-refractivity contribution in [1.29, 1.82) is 0 Å².